The number of rotatable bonds is 4. The van der Waals surface area contributed by atoms with Crippen LogP contribution in [0.2, 0.25) is 0 Å². The molecule has 0 N–H and O–H groups in total. The van der Waals surface area contributed by atoms with Crippen LogP contribution in [0.25, 0.3) is 33.7 Å². The molecule has 5 nitrogen and oxygen atoms in total. The minimum Gasteiger partial charge on any atom is -0.436 e. The van der Waals surface area contributed by atoms with Crippen molar-refractivity contribution in [3.8, 4) is 22.8 Å². The molecule has 0 atom stereocenters. The van der Waals surface area contributed by atoms with Crippen LogP contribution >= 0.6 is 0 Å². The molecule has 142 valence electrons. The van der Waals surface area contributed by atoms with Crippen molar-refractivity contribution in [2.24, 2.45) is 0 Å². The van der Waals surface area contributed by atoms with E-state index in [0.717, 1.165) is 10.9 Å². The molecule has 0 aliphatic heterocycles. The van der Waals surface area contributed by atoms with Crippen LogP contribution in [0.3, 0.4) is 0 Å². The fraction of sp³-hybridized carbons (Fsp3) is 0. The number of benzene rings is 3. The van der Waals surface area contributed by atoms with Crippen molar-refractivity contribution in [1.82, 2.24) is 8.96 Å². The Balaban J connectivity index is 1.69. The van der Waals surface area contributed by atoms with Crippen molar-refractivity contribution in [2.45, 2.75) is 4.90 Å². The summed E-state index contributed by atoms with van der Waals surface area (Å²) in [6.45, 7) is 0. The summed E-state index contributed by atoms with van der Waals surface area (Å²) < 4.78 is 33.8. The third-order valence-electron chi connectivity index (χ3n) is 4.77. The summed E-state index contributed by atoms with van der Waals surface area (Å²) in [5.41, 5.74) is 2.12. The summed E-state index contributed by atoms with van der Waals surface area (Å²) in [6.07, 6.45) is 3.23. The molecular formula is C23H16N2O3S. The second kappa shape index (κ2) is 6.76. The van der Waals surface area contributed by atoms with Crippen molar-refractivity contribution in [3.63, 3.8) is 0 Å². The van der Waals surface area contributed by atoms with E-state index in [4.69, 9.17) is 4.42 Å². The van der Waals surface area contributed by atoms with Gasteiger partial charge in [-0.25, -0.2) is 17.4 Å². The van der Waals surface area contributed by atoms with Gasteiger partial charge in [-0.1, -0.05) is 54.6 Å². The van der Waals surface area contributed by atoms with Gasteiger partial charge in [-0.05, 0) is 30.3 Å². The Kier molecular flexibility index (Phi) is 4.07. The average molecular weight is 400 g/mol. The average Bonchev–Trinajstić information content (AvgIpc) is 3.40. The quantitative estimate of drug-likeness (QED) is 0.416. The lowest BCUT2D eigenvalue weighted by Gasteiger charge is -2.07. The SMILES string of the molecule is O=S(=O)(c1ccccc1)n1cc(-c2cnc(-c3ccccc3)o2)c2ccccc21. The molecule has 6 heteroatoms. The number of fused-ring (bicyclic) bond motifs is 1. The molecule has 2 heterocycles. The molecule has 0 fully saturated rings. The van der Waals surface area contributed by atoms with Gasteiger partial charge in [0.05, 0.1) is 16.6 Å². The maximum atomic E-state index is 13.2. The molecule has 0 radical (unpaired) electrons. The standard InChI is InChI=1S/C23H16N2O3S/c26-29(27,18-11-5-2-6-12-18)25-16-20(19-13-7-8-14-21(19)25)22-15-24-23(28-22)17-9-3-1-4-10-17/h1-16H. The zero-order valence-corrected chi connectivity index (χ0v) is 16.1. The van der Waals surface area contributed by atoms with Gasteiger partial charge in [0.1, 0.15) is 0 Å². The molecule has 0 saturated carbocycles. The Labute approximate surface area is 167 Å². The maximum Gasteiger partial charge on any atom is 0.268 e. The van der Waals surface area contributed by atoms with Gasteiger partial charge in [-0.15, -0.1) is 0 Å². The number of oxazole rings is 1. The molecular weight excluding hydrogens is 384 g/mol. The van der Waals surface area contributed by atoms with Gasteiger partial charge in [-0.2, -0.15) is 0 Å². The number of hydrogen-bond acceptors (Lipinski definition) is 4. The van der Waals surface area contributed by atoms with Gasteiger partial charge in [0.2, 0.25) is 5.89 Å². The first-order valence-electron chi connectivity index (χ1n) is 9.07. The first kappa shape index (κ1) is 17.5. The van der Waals surface area contributed by atoms with Crippen molar-refractivity contribution in [1.29, 1.82) is 0 Å². The van der Waals surface area contributed by atoms with E-state index in [1.54, 1.807) is 48.8 Å². The molecule has 0 unspecified atom stereocenters. The van der Waals surface area contributed by atoms with Crippen LogP contribution in [0.15, 0.2) is 107 Å². The van der Waals surface area contributed by atoms with E-state index in [0.29, 0.717) is 22.7 Å². The van der Waals surface area contributed by atoms with E-state index in [2.05, 4.69) is 4.98 Å². The van der Waals surface area contributed by atoms with Crippen molar-refractivity contribution in [2.75, 3.05) is 0 Å². The van der Waals surface area contributed by atoms with Crippen LogP contribution in [-0.4, -0.2) is 17.4 Å². The van der Waals surface area contributed by atoms with Gasteiger partial charge < -0.3 is 4.42 Å². The summed E-state index contributed by atoms with van der Waals surface area (Å²) >= 11 is 0. The Morgan fingerprint density at radius 1 is 0.793 bits per heavy atom. The van der Waals surface area contributed by atoms with Gasteiger partial charge in [0, 0.05) is 22.7 Å². The van der Waals surface area contributed by atoms with E-state index in [1.807, 2.05) is 48.5 Å². The third kappa shape index (κ3) is 2.94. The smallest absolute Gasteiger partial charge is 0.268 e. The van der Waals surface area contributed by atoms with E-state index in [1.165, 1.54) is 3.97 Å². The summed E-state index contributed by atoms with van der Waals surface area (Å²) in [5, 5.41) is 0.780. The Bertz CT molecular complexity index is 1400. The van der Waals surface area contributed by atoms with Gasteiger partial charge in [0.25, 0.3) is 10.0 Å². The van der Waals surface area contributed by atoms with Crippen LogP contribution in [0, 0.1) is 0 Å². The van der Waals surface area contributed by atoms with Gasteiger partial charge >= 0.3 is 0 Å². The lowest BCUT2D eigenvalue weighted by molar-refractivity contribution is 0.587. The molecule has 3 aromatic carbocycles. The van der Waals surface area contributed by atoms with Gasteiger partial charge in [0.15, 0.2) is 5.76 Å². The predicted octanol–water partition coefficient (Wildman–Crippen LogP) is 5.20. The fourth-order valence-electron chi connectivity index (χ4n) is 3.36. The summed E-state index contributed by atoms with van der Waals surface area (Å²) in [7, 11) is -3.74. The first-order valence-corrected chi connectivity index (χ1v) is 10.5. The largest absolute Gasteiger partial charge is 0.436 e. The highest BCUT2D eigenvalue weighted by Gasteiger charge is 2.23. The number of aromatic nitrogens is 2. The molecule has 2 aromatic heterocycles. The summed E-state index contributed by atoms with van der Waals surface area (Å²) in [4.78, 5) is 4.61. The molecule has 0 bridgehead atoms. The Morgan fingerprint density at radius 3 is 2.21 bits per heavy atom. The number of para-hydroxylation sites is 1. The minimum atomic E-state index is -3.74. The maximum absolute atomic E-state index is 13.2. The van der Waals surface area contributed by atoms with Crippen LogP contribution < -0.4 is 0 Å². The normalized spacial score (nSPS) is 11.7. The van der Waals surface area contributed by atoms with E-state index < -0.39 is 10.0 Å². The highest BCUT2D eigenvalue weighted by Crippen LogP contribution is 2.34. The Hall–Kier alpha value is -3.64. The van der Waals surface area contributed by atoms with E-state index >= 15 is 0 Å². The fourth-order valence-corrected chi connectivity index (χ4v) is 4.75. The lowest BCUT2D eigenvalue weighted by Crippen LogP contribution is -2.11. The molecule has 0 aliphatic rings. The second-order valence-electron chi connectivity index (χ2n) is 6.57. The summed E-state index contributed by atoms with van der Waals surface area (Å²) in [6, 6.07) is 25.3. The Morgan fingerprint density at radius 2 is 1.45 bits per heavy atom. The topological polar surface area (TPSA) is 65.1 Å². The first-order chi connectivity index (χ1) is 14.1. The zero-order chi connectivity index (χ0) is 19.8. The van der Waals surface area contributed by atoms with Crippen LogP contribution in [0.5, 0.6) is 0 Å². The minimum absolute atomic E-state index is 0.231. The zero-order valence-electron chi connectivity index (χ0n) is 15.3. The monoisotopic (exact) mass is 400 g/mol. The molecule has 0 aliphatic carbocycles. The van der Waals surface area contributed by atoms with Crippen molar-refractivity contribution >= 4 is 20.9 Å². The molecule has 0 saturated heterocycles. The van der Waals surface area contributed by atoms with Crippen LogP contribution in [0.1, 0.15) is 0 Å². The highest BCUT2D eigenvalue weighted by atomic mass is 32.2. The molecule has 5 rings (SSSR count). The number of hydrogen-bond donors (Lipinski definition) is 0. The molecule has 29 heavy (non-hydrogen) atoms. The molecule has 0 amide bonds. The number of nitrogens with zero attached hydrogens (tertiary/aromatic N) is 2. The van der Waals surface area contributed by atoms with E-state index in [9.17, 15) is 8.42 Å². The van der Waals surface area contributed by atoms with E-state index in [-0.39, 0.29) is 4.90 Å². The third-order valence-corrected chi connectivity index (χ3v) is 6.46. The van der Waals surface area contributed by atoms with Gasteiger partial charge in [-0.3, -0.25) is 0 Å². The van der Waals surface area contributed by atoms with Crippen molar-refractivity contribution in [3.05, 3.63) is 97.3 Å². The second-order valence-corrected chi connectivity index (χ2v) is 8.38. The van der Waals surface area contributed by atoms with Crippen LogP contribution in [-0.2, 0) is 10.0 Å². The summed E-state index contributed by atoms with van der Waals surface area (Å²) in [5.74, 6) is 1.01. The van der Waals surface area contributed by atoms with Crippen molar-refractivity contribution < 1.29 is 12.8 Å². The van der Waals surface area contributed by atoms with Crippen LogP contribution in [0.4, 0.5) is 0 Å². The predicted molar refractivity (Wildman–Crippen MR) is 112 cm³/mol. The lowest BCUT2D eigenvalue weighted by atomic mass is 10.1. The molecule has 5 aromatic rings. The highest BCUT2D eigenvalue weighted by molar-refractivity contribution is 7.90. The molecule has 0 spiro atoms.